The smallest absolute Gasteiger partial charge is 0.350 e. The minimum Gasteiger partial charge on any atom is -0.479 e. The van der Waals surface area contributed by atoms with E-state index in [2.05, 4.69) is 9.47 Å². The Labute approximate surface area is 79.2 Å². The highest BCUT2D eigenvalue weighted by Crippen LogP contribution is 2.03. The summed E-state index contributed by atoms with van der Waals surface area (Å²) >= 11 is 0. The van der Waals surface area contributed by atoms with Crippen molar-refractivity contribution in [1.29, 1.82) is 0 Å². The first kappa shape index (κ1) is 12.4. The number of methoxy groups -OCH3 is 1. The molecule has 0 spiro atoms. The number of carboxylic acids is 1. The van der Waals surface area contributed by atoms with Crippen molar-refractivity contribution in [2.45, 2.75) is 19.1 Å². The predicted octanol–water partition coefficient (Wildman–Crippen LogP) is -1.46. The third-order valence-corrected chi connectivity index (χ3v) is 1.27. The fraction of sp³-hybridized carbons (Fsp3) is 0.571. The van der Waals surface area contributed by atoms with E-state index in [0.717, 1.165) is 14.0 Å². The second-order valence-corrected chi connectivity index (χ2v) is 2.34. The van der Waals surface area contributed by atoms with Crippen molar-refractivity contribution >= 4 is 17.9 Å². The fourth-order valence-electron chi connectivity index (χ4n) is 0.666. The van der Waals surface area contributed by atoms with Crippen LogP contribution in [0.3, 0.4) is 0 Å². The predicted molar refractivity (Wildman–Crippen MR) is 41.2 cm³/mol. The lowest BCUT2D eigenvalue weighted by molar-refractivity contribution is -0.179. The van der Waals surface area contributed by atoms with E-state index in [1.807, 2.05) is 0 Å². The number of aliphatic hydroxyl groups is 1. The van der Waals surface area contributed by atoms with Crippen molar-refractivity contribution in [3.63, 3.8) is 0 Å². The van der Waals surface area contributed by atoms with Gasteiger partial charge >= 0.3 is 17.9 Å². The molecule has 0 aliphatic carbocycles. The fourth-order valence-corrected chi connectivity index (χ4v) is 0.666. The molecule has 0 aromatic rings. The molecule has 7 nitrogen and oxygen atoms in total. The molecule has 0 aromatic carbocycles. The van der Waals surface area contributed by atoms with Gasteiger partial charge in [-0.2, -0.15) is 0 Å². The summed E-state index contributed by atoms with van der Waals surface area (Å²) in [6, 6.07) is 0. The molecular weight excluding hydrogens is 196 g/mol. The largest absolute Gasteiger partial charge is 0.479 e. The van der Waals surface area contributed by atoms with Gasteiger partial charge in [-0.15, -0.1) is 0 Å². The van der Waals surface area contributed by atoms with Gasteiger partial charge in [0.2, 0.25) is 6.10 Å². The van der Waals surface area contributed by atoms with E-state index in [9.17, 15) is 14.4 Å². The molecule has 0 saturated heterocycles. The summed E-state index contributed by atoms with van der Waals surface area (Å²) < 4.78 is 8.43. The molecule has 0 fully saturated rings. The summed E-state index contributed by atoms with van der Waals surface area (Å²) in [5.41, 5.74) is 0. The Morgan fingerprint density at radius 1 is 1.29 bits per heavy atom. The Balaban J connectivity index is 4.62. The number of esters is 2. The molecule has 0 aromatic heterocycles. The standard InChI is InChI=1S/C7H10O7/c1-3(8)14-5(7(12)13-2)4(9)6(10)11/h4-5,9H,1-2H3,(H,10,11)/t4-,5-/m1/s1. The van der Waals surface area contributed by atoms with Crippen molar-refractivity contribution in [2.75, 3.05) is 7.11 Å². The minimum absolute atomic E-state index is 0.888. The first-order chi connectivity index (χ1) is 6.40. The van der Waals surface area contributed by atoms with Gasteiger partial charge in [-0.25, -0.2) is 9.59 Å². The molecule has 0 aliphatic heterocycles. The van der Waals surface area contributed by atoms with Crippen LogP contribution in [0.25, 0.3) is 0 Å². The molecule has 7 heteroatoms. The molecule has 0 unspecified atom stereocenters. The van der Waals surface area contributed by atoms with Gasteiger partial charge in [-0.1, -0.05) is 0 Å². The van der Waals surface area contributed by atoms with E-state index in [-0.39, 0.29) is 0 Å². The van der Waals surface area contributed by atoms with Gasteiger partial charge in [-0.05, 0) is 0 Å². The maximum atomic E-state index is 10.9. The van der Waals surface area contributed by atoms with Crippen molar-refractivity contribution < 1.29 is 34.1 Å². The zero-order valence-corrected chi connectivity index (χ0v) is 7.59. The van der Waals surface area contributed by atoms with Crippen LogP contribution in [-0.4, -0.2) is 47.4 Å². The third-order valence-electron chi connectivity index (χ3n) is 1.27. The van der Waals surface area contributed by atoms with Gasteiger partial charge in [0.25, 0.3) is 0 Å². The highest BCUT2D eigenvalue weighted by Gasteiger charge is 2.35. The van der Waals surface area contributed by atoms with Crippen LogP contribution in [0.15, 0.2) is 0 Å². The van der Waals surface area contributed by atoms with Crippen molar-refractivity contribution in [2.24, 2.45) is 0 Å². The van der Waals surface area contributed by atoms with Crippen LogP contribution in [0.4, 0.5) is 0 Å². The van der Waals surface area contributed by atoms with Gasteiger partial charge in [0.15, 0.2) is 6.10 Å². The maximum Gasteiger partial charge on any atom is 0.350 e. The Kier molecular flexibility index (Phi) is 4.57. The lowest BCUT2D eigenvalue weighted by Crippen LogP contribution is -2.43. The quantitative estimate of drug-likeness (QED) is 0.540. The summed E-state index contributed by atoms with van der Waals surface area (Å²) in [6.07, 6.45) is -3.97. The van der Waals surface area contributed by atoms with Crippen molar-refractivity contribution in [3.05, 3.63) is 0 Å². The van der Waals surface area contributed by atoms with E-state index in [4.69, 9.17) is 10.2 Å². The molecule has 2 atom stereocenters. The van der Waals surface area contributed by atoms with E-state index in [0.29, 0.717) is 0 Å². The number of aliphatic carboxylic acids is 1. The number of ether oxygens (including phenoxy) is 2. The lowest BCUT2D eigenvalue weighted by atomic mass is 10.2. The first-order valence-electron chi connectivity index (χ1n) is 3.56. The van der Waals surface area contributed by atoms with E-state index in [1.165, 1.54) is 0 Å². The number of carbonyl (C=O) groups is 3. The summed E-state index contributed by atoms with van der Waals surface area (Å²) in [5, 5.41) is 17.3. The molecule has 0 amide bonds. The van der Waals surface area contributed by atoms with Crippen LogP contribution in [0.2, 0.25) is 0 Å². The molecule has 14 heavy (non-hydrogen) atoms. The number of hydrogen-bond acceptors (Lipinski definition) is 6. The monoisotopic (exact) mass is 206 g/mol. The van der Waals surface area contributed by atoms with Gasteiger partial charge in [0, 0.05) is 6.92 Å². The normalized spacial score (nSPS) is 13.9. The molecule has 0 heterocycles. The molecule has 80 valence electrons. The molecular formula is C7H10O7. The molecule has 0 radical (unpaired) electrons. The van der Waals surface area contributed by atoms with Gasteiger partial charge in [-0.3, -0.25) is 4.79 Å². The van der Waals surface area contributed by atoms with E-state index < -0.39 is 30.1 Å². The van der Waals surface area contributed by atoms with Gasteiger partial charge in [0.1, 0.15) is 0 Å². The van der Waals surface area contributed by atoms with Crippen LogP contribution in [0, 0.1) is 0 Å². The lowest BCUT2D eigenvalue weighted by Gasteiger charge is -2.16. The van der Waals surface area contributed by atoms with Crippen molar-refractivity contribution in [1.82, 2.24) is 0 Å². The van der Waals surface area contributed by atoms with Crippen LogP contribution in [0.5, 0.6) is 0 Å². The second kappa shape index (κ2) is 5.18. The molecule has 0 aliphatic rings. The zero-order valence-electron chi connectivity index (χ0n) is 7.59. The number of aliphatic hydroxyl groups excluding tert-OH is 1. The Bertz CT molecular complexity index is 246. The van der Waals surface area contributed by atoms with Crippen LogP contribution in [0.1, 0.15) is 6.92 Å². The Morgan fingerprint density at radius 3 is 2.07 bits per heavy atom. The van der Waals surface area contributed by atoms with Gasteiger partial charge < -0.3 is 19.7 Å². The average molecular weight is 206 g/mol. The number of carbonyl (C=O) groups excluding carboxylic acids is 2. The Hall–Kier alpha value is -1.63. The average Bonchev–Trinajstić information content (AvgIpc) is 2.11. The SMILES string of the molecule is COC(=O)[C@H](OC(C)=O)[C@@H](O)C(=O)O. The second-order valence-electron chi connectivity index (χ2n) is 2.34. The highest BCUT2D eigenvalue weighted by molar-refractivity contribution is 5.86. The summed E-state index contributed by atoms with van der Waals surface area (Å²) in [7, 11) is 0.980. The van der Waals surface area contributed by atoms with Crippen molar-refractivity contribution in [3.8, 4) is 0 Å². The van der Waals surface area contributed by atoms with E-state index in [1.54, 1.807) is 0 Å². The van der Waals surface area contributed by atoms with Crippen LogP contribution < -0.4 is 0 Å². The number of rotatable bonds is 4. The zero-order chi connectivity index (χ0) is 11.3. The summed E-state index contributed by atoms with van der Waals surface area (Å²) in [6.45, 7) is 0.977. The third kappa shape index (κ3) is 3.40. The molecule has 0 bridgehead atoms. The van der Waals surface area contributed by atoms with Gasteiger partial charge in [0.05, 0.1) is 7.11 Å². The van der Waals surface area contributed by atoms with Crippen LogP contribution in [-0.2, 0) is 23.9 Å². The Morgan fingerprint density at radius 2 is 1.79 bits per heavy atom. The van der Waals surface area contributed by atoms with Crippen LogP contribution >= 0.6 is 0 Å². The maximum absolute atomic E-state index is 10.9. The first-order valence-corrected chi connectivity index (χ1v) is 3.56. The summed E-state index contributed by atoms with van der Waals surface area (Å²) in [5.74, 6) is -3.70. The minimum atomic E-state index is -2.13. The number of hydrogen-bond donors (Lipinski definition) is 2. The van der Waals surface area contributed by atoms with E-state index >= 15 is 0 Å². The summed E-state index contributed by atoms with van der Waals surface area (Å²) in [4.78, 5) is 31.6. The molecule has 2 N–H and O–H groups in total. The topological polar surface area (TPSA) is 110 Å². The number of carboxylic acid groups (broad SMARTS) is 1. The highest BCUT2D eigenvalue weighted by atomic mass is 16.6. The molecule has 0 rings (SSSR count). The molecule has 0 saturated carbocycles.